The summed E-state index contributed by atoms with van der Waals surface area (Å²) in [5.41, 5.74) is 7.06. The van der Waals surface area contributed by atoms with Gasteiger partial charge in [0.1, 0.15) is 6.10 Å². The van der Waals surface area contributed by atoms with E-state index in [-0.39, 0.29) is 12.2 Å². The summed E-state index contributed by atoms with van der Waals surface area (Å²) in [6, 6.07) is 0. The first-order valence-corrected chi connectivity index (χ1v) is 4.90. The Morgan fingerprint density at radius 2 is 2.60 bits per heavy atom. The number of aromatic amines is 1. The first-order valence-electron chi connectivity index (χ1n) is 4.90. The molecule has 1 aliphatic heterocycles. The van der Waals surface area contributed by atoms with E-state index < -0.39 is 0 Å². The molecule has 6 heteroatoms. The highest BCUT2D eigenvalue weighted by Gasteiger charge is 2.32. The summed E-state index contributed by atoms with van der Waals surface area (Å²) in [4.78, 5) is 13.1. The van der Waals surface area contributed by atoms with Gasteiger partial charge in [-0.05, 0) is 19.9 Å². The fraction of sp³-hybridized carbons (Fsp3) is 0.556. The van der Waals surface area contributed by atoms with Crippen LogP contribution in [0.3, 0.4) is 0 Å². The first kappa shape index (κ1) is 9.97. The highest BCUT2D eigenvalue weighted by atomic mass is 16.6. The lowest BCUT2D eigenvalue weighted by Gasteiger charge is -2.10. The smallest absolute Gasteiger partial charge is 0.414 e. The van der Waals surface area contributed by atoms with Crippen LogP contribution in [0.4, 0.5) is 10.5 Å². The van der Waals surface area contributed by atoms with E-state index in [0.717, 1.165) is 11.4 Å². The van der Waals surface area contributed by atoms with Crippen LogP contribution >= 0.6 is 0 Å². The van der Waals surface area contributed by atoms with E-state index in [2.05, 4.69) is 10.2 Å². The molecule has 1 aromatic heterocycles. The summed E-state index contributed by atoms with van der Waals surface area (Å²) in [7, 11) is 0. The zero-order valence-corrected chi connectivity index (χ0v) is 8.56. The maximum absolute atomic E-state index is 11.5. The van der Waals surface area contributed by atoms with E-state index in [0.29, 0.717) is 19.5 Å². The fourth-order valence-corrected chi connectivity index (χ4v) is 1.67. The highest BCUT2D eigenvalue weighted by molar-refractivity contribution is 5.90. The van der Waals surface area contributed by atoms with Crippen LogP contribution in [0.1, 0.15) is 12.1 Å². The van der Waals surface area contributed by atoms with Gasteiger partial charge in [0.2, 0.25) is 0 Å². The van der Waals surface area contributed by atoms with Crippen molar-refractivity contribution in [2.45, 2.75) is 19.4 Å². The van der Waals surface area contributed by atoms with Crippen LogP contribution in [-0.4, -0.2) is 35.5 Å². The number of aromatic nitrogens is 2. The molecule has 0 bridgehead atoms. The number of hydrogen-bond donors (Lipinski definition) is 2. The van der Waals surface area contributed by atoms with Gasteiger partial charge in [0, 0.05) is 0 Å². The van der Waals surface area contributed by atoms with E-state index in [4.69, 9.17) is 10.5 Å². The SMILES string of the molecule is Cc1[nH]ncc1N1CC(CCN)OC1=O. The molecule has 1 unspecified atom stereocenters. The Balaban J connectivity index is 2.12. The van der Waals surface area contributed by atoms with Crippen molar-refractivity contribution in [2.75, 3.05) is 18.0 Å². The molecule has 2 heterocycles. The van der Waals surface area contributed by atoms with Gasteiger partial charge in [-0.2, -0.15) is 5.10 Å². The second-order valence-corrected chi connectivity index (χ2v) is 3.57. The molecule has 0 saturated carbocycles. The van der Waals surface area contributed by atoms with Gasteiger partial charge in [-0.25, -0.2) is 4.79 Å². The number of rotatable bonds is 3. The van der Waals surface area contributed by atoms with Crippen molar-refractivity contribution in [1.82, 2.24) is 10.2 Å². The van der Waals surface area contributed by atoms with Crippen LogP contribution in [0.25, 0.3) is 0 Å². The molecule has 6 nitrogen and oxygen atoms in total. The molecular weight excluding hydrogens is 196 g/mol. The minimum absolute atomic E-state index is 0.100. The maximum atomic E-state index is 11.5. The molecule has 82 valence electrons. The molecular formula is C9H14N4O2. The zero-order valence-electron chi connectivity index (χ0n) is 8.56. The number of carbonyl (C=O) groups is 1. The Hall–Kier alpha value is -1.56. The van der Waals surface area contributed by atoms with E-state index in [1.54, 1.807) is 11.1 Å². The topological polar surface area (TPSA) is 84.2 Å². The zero-order chi connectivity index (χ0) is 10.8. The molecule has 3 N–H and O–H groups in total. The van der Waals surface area contributed by atoms with Crippen molar-refractivity contribution in [1.29, 1.82) is 0 Å². The van der Waals surface area contributed by atoms with Gasteiger partial charge in [-0.15, -0.1) is 0 Å². The molecule has 1 saturated heterocycles. The van der Waals surface area contributed by atoms with Crippen LogP contribution in [0.2, 0.25) is 0 Å². The van der Waals surface area contributed by atoms with E-state index in [9.17, 15) is 4.79 Å². The standard InChI is InChI=1S/C9H14N4O2/c1-6-8(4-11-12-6)13-5-7(2-3-10)15-9(13)14/h4,7H,2-3,5,10H2,1H3,(H,11,12). The van der Waals surface area contributed by atoms with Crippen LogP contribution in [0, 0.1) is 6.92 Å². The largest absolute Gasteiger partial charge is 0.444 e. The number of ether oxygens (including phenoxy) is 1. The normalized spacial score (nSPS) is 20.8. The third-order valence-corrected chi connectivity index (χ3v) is 2.46. The predicted molar refractivity (Wildman–Crippen MR) is 54.6 cm³/mol. The van der Waals surface area contributed by atoms with Gasteiger partial charge in [0.05, 0.1) is 24.1 Å². The molecule has 1 amide bonds. The summed E-state index contributed by atoms with van der Waals surface area (Å²) in [5, 5.41) is 6.66. The number of amides is 1. The Kier molecular flexibility index (Phi) is 2.59. The van der Waals surface area contributed by atoms with Gasteiger partial charge >= 0.3 is 6.09 Å². The van der Waals surface area contributed by atoms with Crippen LogP contribution in [-0.2, 0) is 4.74 Å². The van der Waals surface area contributed by atoms with Gasteiger partial charge in [0.25, 0.3) is 0 Å². The number of nitrogens with two attached hydrogens (primary N) is 1. The molecule has 0 radical (unpaired) electrons. The van der Waals surface area contributed by atoms with Gasteiger partial charge in [-0.1, -0.05) is 0 Å². The lowest BCUT2D eigenvalue weighted by Crippen LogP contribution is -2.25. The minimum atomic E-state index is -0.321. The highest BCUT2D eigenvalue weighted by Crippen LogP contribution is 2.24. The Labute approximate surface area is 87.4 Å². The molecule has 0 aromatic carbocycles. The number of carbonyl (C=O) groups excluding carboxylic acids is 1. The van der Waals surface area contributed by atoms with Crippen LogP contribution in [0.15, 0.2) is 6.20 Å². The molecule has 1 atom stereocenters. The fourth-order valence-electron chi connectivity index (χ4n) is 1.67. The molecule has 2 rings (SSSR count). The van der Waals surface area contributed by atoms with Crippen molar-refractivity contribution in [3.63, 3.8) is 0 Å². The third-order valence-electron chi connectivity index (χ3n) is 2.46. The lowest BCUT2D eigenvalue weighted by atomic mass is 10.2. The third kappa shape index (κ3) is 1.80. The summed E-state index contributed by atoms with van der Waals surface area (Å²) in [6.45, 7) is 2.94. The first-order chi connectivity index (χ1) is 7.22. The van der Waals surface area contributed by atoms with Gasteiger partial charge in [0.15, 0.2) is 0 Å². The van der Waals surface area contributed by atoms with Crippen molar-refractivity contribution in [3.8, 4) is 0 Å². The van der Waals surface area contributed by atoms with Crippen molar-refractivity contribution < 1.29 is 9.53 Å². The molecule has 1 fully saturated rings. The number of nitrogens with one attached hydrogen (secondary N) is 1. The average Bonchev–Trinajstić information content (AvgIpc) is 2.73. The van der Waals surface area contributed by atoms with Crippen molar-refractivity contribution >= 4 is 11.8 Å². The average molecular weight is 210 g/mol. The maximum Gasteiger partial charge on any atom is 0.414 e. The van der Waals surface area contributed by atoms with Crippen molar-refractivity contribution in [3.05, 3.63) is 11.9 Å². The second kappa shape index (κ2) is 3.90. The van der Waals surface area contributed by atoms with Gasteiger partial charge in [-0.3, -0.25) is 10.00 Å². The van der Waals surface area contributed by atoms with E-state index >= 15 is 0 Å². The van der Waals surface area contributed by atoms with Crippen molar-refractivity contribution in [2.24, 2.45) is 5.73 Å². The Morgan fingerprint density at radius 3 is 3.20 bits per heavy atom. The van der Waals surface area contributed by atoms with E-state index in [1.807, 2.05) is 6.92 Å². The number of H-pyrrole nitrogens is 1. The second-order valence-electron chi connectivity index (χ2n) is 3.57. The van der Waals surface area contributed by atoms with Crippen LogP contribution in [0.5, 0.6) is 0 Å². The molecule has 0 aliphatic carbocycles. The minimum Gasteiger partial charge on any atom is -0.444 e. The number of nitrogens with zero attached hydrogens (tertiary/aromatic N) is 2. The quantitative estimate of drug-likeness (QED) is 0.756. The van der Waals surface area contributed by atoms with E-state index in [1.165, 1.54) is 0 Å². The summed E-state index contributed by atoms with van der Waals surface area (Å²) in [5.74, 6) is 0. The molecule has 1 aliphatic rings. The molecule has 0 spiro atoms. The predicted octanol–water partition coefficient (Wildman–Crippen LogP) is 0.392. The molecule has 15 heavy (non-hydrogen) atoms. The summed E-state index contributed by atoms with van der Waals surface area (Å²) >= 11 is 0. The van der Waals surface area contributed by atoms with Gasteiger partial charge < -0.3 is 10.5 Å². The summed E-state index contributed by atoms with van der Waals surface area (Å²) < 4.78 is 5.16. The van der Waals surface area contributed by atoms with Crippen LogP contribution < -0.4 is 10.6 Å². The lowest BCUT2D eigenvalue weighted by molar-refractivity contribution is 0.138. The number of aryl methyl sites for hydroxylation is 1. The Morgan fingerprint density at radius 1 is 1.80 bits per heavy atom. The molecule has 1 aromatic rings. The number of cyclic esters (lactones) is 1. The number of anilines is 1. The number of hydrogen-bond acceptors (Lipinski definition) is 4. The monoisotopic (exact) mass is 210 g/mol. The Bertz CT molecular complexity index is 363. The summed E-state index contributed by atoms with van der Waals surface area (Å²) in [6.07, 6.45) is 1.90.